The Kier molecular flexibility index (Phi) is 5.67. The van der Waals surface area contributed by atoms with Crippen LogP contribution in [-0.2, 0) is 11.3 Å². The highest BCUT2D eigenvalue weighted by molar-refractivity contribution is 5.93. The van der Waals surface area contributed by atoms with E-state index in [-0.39, 0.29) is 11.9 Å². The second-order valence-electron chi connectivity index (χ2n) is 6.13. The predicted molar refractivity (Wildman–Crippen MR) is 90.6 cm³/mol. The molecular weight excluding hydrogens is 322 g/mol. The van der Waals surface area contributed by atoms with Crippen molar-refractivity contribution in [1.29, 1.82) is 0 Å². The van der Waals surface area contributed by atoms with Crippen molar-refractivity contribution in [3.8, 4) is 0 Å². The van der Waals surface area contributed by atoms with Gasteiger partial charge in [0.1, 0.15) is 0 Å². The second-order valence-corrected chi connectivity index (χ2v) is 6.13. The van der Waals surface area contributed by atoms with Crippen molar-refractivity contribution in [3.63, 3.8) is 0 Å². The zero-order chi connectivity index (χ0) is 17.6. The topological polar surface area (TPSA) is 100 Å². The first-order valence-electron chi connectivity index (χ1n) is 8.45. The predicted octanol–water partition coefficient (Wildman–Crippen LogP) is 0.703. The monoisotopic (exact) mass is 345 g/mol. The largest absolute Gasteiger partial charge is 0.340 e. The summed E-state index contributed by atoms with van der Waals surface area (Å²) in [5.74, 6) is 1.54. The van der Waals surface area contributed by atoms with Crippen LogP contribution in [0.2, 0.25) is 0 Å². The maximum Gasteiger partial charge on any atom is 0.243 e. The molecule has 0 radical (unpaired) electrons. The maximum absolute atomic E-state index is 12.4. The highest BCUT2D eigenvalue weighted by Crippen LogP contribution is 2.11. The van der Waals surface area contributed by atoms with E-state index in [9.17, 15) is 4.79 Å². The van der Waals surface area contributed by atoms with Crippen LogP contribution in [0.25, 0.3) is 0 Å². The smallest absolute Gasteiger partial charge is 0.243 e. The van der Waals surface area contributed by atoms with Gasteiger partial charge in [0.15, 0.2) is 5.82 Å². The molecule has 1 aliphatic heterocycles. The fourth-order valence-electron chi connectivity index (χ4n) is 2.89. The Bertz CT molecular complexity index is 691. The van der Waals surface area contributed by atoms with Gasteiger partial charge in [-0.2, -0.15) is 4.98 Å². The number of nitrogens with zero attached hydrogens (tertiary/aromatic N) is 6. The third-order valence-electron chi connectivity index (χ3n) is 4.29. The molecule has 25 heavy (non-hydrogen) atoms. The summed E-state index contributed by atoms with van der Waals surface area (Å²) < 4.78 is 5.02. The van der Waals surface area contributed by atoms with Gasteiger partial charge in [0, 0.05) is 39.0 Å². The Morgan fingerprint density at radius 2 is 2.08 bits per heavy atom. The normalized spacial score (nSPS) is 17.8. The van der Waals surface area contributed by atoms with Gasteiger partial charge in [-0.05, 0) is 26.0 Å². The molecule has 0 saturated carbocycles. The third-order valence-corrected chi connectivity index (χ3v) is 4.29. The number of anilines is 1. The van der Waals surface area contributed by atoms with Crippen LogP contribution in [0.5, 0.6) is 0 Å². The molecule has 1 fully saturated rings. The van der Waals surface area contributed by atoms with Gasteiger partial charge in [0.2, 0.25) is 17.7 Å². The average molecular weight is 345 g/mol. The van der Waals surface area contributed by atoms with Gasteiger partial charge in [0.25, 0.3) is 0 Å². The molecule has 1 atom stereocenters. The number of hydrogen-bond acceptors (Lipinski definition) is 8. The molecule has 0 bridgehead atoms. The summed E-state index contributed by atoms with van der Waals surface area (Å²) in [6.45, 7) is 7.85. The summed E-state index contributed by atoms with van der Waals surface area (Å²) in [5, 5.41) is 6.71. The van der Waals surface area contributed by atoms with Crippen molar-refractivity contribution in [1.82, 2.24) is 29.9 Å². The summed E-state index contributed by atoms with van der Waals surface area (Å²) in [6, 6.07) is 1.48. The van der Waals surface area contributed by atoms with Crippen LogP contribution in [0.15, 0.2) is 23.0 Å². The van der Waals surface area contributed by atoms with Gasteiger partial charge in [-0.25, -0.2) is 9.97 Å². The molecule has 0 spiro atoms. The fraction of sp³-hybridized carbons (Fsp3) is 0.562. The molecule has 2 aromatic heterocycles. The van der Waals surface area contributed by atoms with Gasteiger partial charge in [-0.3, -0.25) is 19.9 Å². The maximum atomic E-state index is 12.4. The molecule has 0 unspecified atom stereocenters. The zero-order valence-electron chi connectivity index (χ0n) is 14.6. The number of carbonyl (C=O) groups is 1. The summed E-state index contributed by atoms with van der Waals surface area (Å²) in [5.41, 5.74) is 0. The summed E-state index contributed by atoms with van der Waals surface area (Å²) in [6.07, 6.45) is 4.20. The molecule has 2 aromatic rings. The highest BCUT2D eigenvalue weighted by atomic mass is 16.5. The Morgan fingerprint density at radius 3 is 2.80 bits per heavy atom. The second kappa shape index (κ2) is 8.13. The van der Waals surface area contributed by atoms with E-state index in [1.54, 1.807) is 25.4 Å². The molecule has 0 aliphatic carbocycles. The van der Waals surface area contributed by atoms with Crippen molar-refractivity contribution in [2.45, 2.75) is 32.9 Å². The first-order valence-corrected chi connectivity index (χ1v) is 8.45. The van der Waals surface area contributed by atoms with Crippen molar-refractivity contribution in [2.75, 3.05) is 31.5 Å². The molecule has 1 saturated heterocycles. The molecule has 134 valence electrons. The van der Waals surface area contributed by atoms with E-state index in [0.717, 1.165) is 32.6 Å². The zero-order valence-corrected chi connectivity index (χ0v) is 14.6. The minimum absolute atomic E-state index is 0.0894. The number of nitrogens with one attached hydrogen (secondary N) is 1. The molecule has 1 amide bonds. The lowest BCUT2D eigenvalue weighted by Gasteiger charge is -2.26. The van der Waals surface area contributed by atoms with Crippen LogP contribution in [0.1, 0.15) is 25.1 Å². The summed E-state index contributed by atoms with van der Waals surface area (Å²) >= 11 is 0. The highest BCUT2D eigenvalue weighted by Gasteiger charge is 2.25. The van der Waals surface area contributed by atoms with E-state index in [1.165, 1.54) is 0 Å². The minimum atomic E-state index is -0.240. The summed E-state index contributed by atoms with van der Waals surface area (Å²) in [7, 11) is 0. The van der Waals surface area contributed by atoms with Crippen molar-refractivity contribution >= 4 is 11.9 Å². The number of amides is 1. The van der Waals surface area contributed by atoms with E-state index < -0.39 is 0 Å². The number of aromatic nitrogens is 4. The van der Waals surface area contributed by atoms with Crippen molar-refractivity contribution in [2.24, 2.45) is 0 Å². The molecular formula is C16H23N7O2. The quantitative estimate of drug-likeness (QED) is 0.845. The van der Waals surface area contributed by atoms with Crippen LogP contribution in [0, 0.1) is 6.92 Å². The Hall–Kier alpha value is -2.39. The lowest BCUT2D eigenvalue weighted by atomic mass is 10.2. The van der Waals surface area contributed by atoms with Gasteiger partial charge >= 0.3 is 0 Å². The van der Waals surface area contributed by atoms with E-state index in [2.05, 4.69) is 35.2 Å². The molecule has 3 heterocycles. The van der Waals surface area contributed by atoms with Crippen molar-refractivity contribution < 1.29 is 9.32 Å². The molecule has 1 aliphatic rings. The third kappa shape index (κ3) is 4.80. The number of hydrogen-bond donors (Lipinski definition) is 1. The van der Waals surface area contributed by atoms with Gasteiger partial charge < -0.3 is 4.52 Å². The molecule has 3 rings (SSSR count). The Morgan fingerprint density at radius 1 is 1.28 bits per heavy atom. The molecule has 9 nitrogen and oxygen atoms in total. The van der Waals surface area contributed by atoms with Crippen molar-refractivity contribution in [3.05, 3.63) is 30.2 Å². The van der Waals surface area contributed by atoms with Gasteiger partial charge in [-0.15, -0.1) is 0 Å². The first kappa shape index (κ1) is 17.4. The van der Waals surface area contributed by atoms with Crippen LogP contribution < -0.4 is 5.32 Å². The lowest BCUT2D eigenvalue weighted by Crippen LogP contribution is -2.44. The summed E-state index contributed by atoms with van der Waals surface area (Å²) in [4.78, 5) is 29.2. The van der Waals surface area contributed by atoms with Crippen LogP contribution in [-0.4, -0.2) is 68.0 Å². The van der Waals surface area contributed by atoms with Gasteiger partial charge in [0.05, 0.1) is 12.6 Å². The number of rotatable bonds is 5. The molecule has 9 heteroatoms. The Balaban J connectivity index is 1.52. The minimum Gasteiger partial charge on any atom is -0.340 e. The average Bonchev–Trinajstić information content (AvgIpc) is 2.88. The fourth-order valence-corrected chi connectivity index (χ4v) is 2.89. The number of aryl methyl sites for hydroxylation is 1. The molecule has 0 aromatic carbocycles. The number of carbonyl (C=O) groups excluding carboxylic acids is 1. The standard InChI is InChI=1S/C16H23N7O2/c1-12(15(24)20-16-17-5-3-6-18-16)23-8-4-7-22(9-10-23)11-14-19-13(2)25-21-14/h3,5-6,12H,4,7-11H2,1-2H3,(H,17,18,20,24)/t12-/m0/s1. The van der Waals surface area contributed by atoms with E-state index in [1.807, 2.05) is 6.92 Å². The van der Waals surface area contributed by atoms with E-state index >= 15 is 0 Å². The first-order chi connectivity index (χ1) is 12.1. The lowest BCUT2D eigenvalue weighted by molar-refractivity contribution is -0.120. The van der Waals surface area contributed by atoms with E-state index in [4.69, 9.17) is 4.52 Å². The Labute approximate surface area is 146 Å². The SMILES string of the molecule is Cc1nc(CN2CCCN([C@@H](C)C(=O)Nc3ncccn3)CC2)no1. The van der Waals surface area contributed by atoms with Crippen LogP contribution >= 0.6 is 0 Å². The van der Waals surface area contributed by atoms with E-state index in [0.29, 0.717) is 24.2 Å². The molecule has 1 N–H and O–H groups in total. The van der Waals surface area contributed by atoms with Gasteiger partial charge in [-0.1, -0.05) is 5.16 Å². The van der Waals surface area contributed by atoms with Crippen LogP contribution in [0.3, 0.4) is 0 Å². The van der Waals surface area contributed by atoms with Crippen LogP contribution in [0.4, 0.5) is 5.95 Å².